The van der Waals surface area contributed by atoms with Crippen molar-refractivity contribution in [3.63, 3.8) is 0 Å². The van der Waals surface area contributed by atoms with Crippen LogP contribution < -0.4 is 0 Å². The van der Waals surface area contributed by atoms with Crippen LogP contribution in [0.5, 0.6) is 0 Å². The van der Waals surface area contributed by atoms with Crippen LogP contribution in [0.25, 0.3) is 0 Å². The average Bonchev–Trinajstić information content (AvgIpc) is 3.25. The lowest BCUT2D eigenvalue weighted by Crippen LogP contribution is -2.24. The molecule has 0 radical (unpaired) electrons. The highest BCUT2D eigenvalue weighted by Gasteiger charge is 2.23. The lowest BCUT2D eigenvalue weighted by atomic mass is 10.1. The average molecular weight is 369 g/mol. The Morgan fingerprint density at radius 1 is 1.19 bits per heavy atom. The van der Waals surface area contributed by atoms with Gasteiger partial charge in [0, 0.05) is 17.0 Å². The maximum Gasteiger partial charge on any atom is 0.340 e. The molecule has 0 saturated carbocycles. The van der Waals surface area contributed by atoms with Crippen molar-refractivity contribution in [2.24, 2.45) is 0 Å². The molecular formula is C21H20FNO4. The molecule has 140 valence electrons. The Labute approximate surface area is 156 Å². The molecule has 0 unspecified atom stereocenters. The molecule has 5 nitrogen and oxygen atoms in total. The van der Waals surface area contributed by atoms with Crippen LogP contribution in [0.4, 0.5) is 4.39 Å². The van der Waals surface area contributed by atoms with Gasteiger partial charge >= 0.3 is 5.97 Å². The van der Waals surface area contributed by atoms with Gasteiger partial charge in [-0.2, -0.15) is 0 Å². The number of hydrogen-bond donors (Lipinski definition) is 0. The van der Waals surface area contributed by atoms with E-state index in [1.54, 1.807) is 18.4 Å². The maximum absolute atomic E-state index is 13.0. The number of aryl methyl sites for hydroxylation is 1. The van der Waals surface area contributed by atoms with Gasteiger partial charge in [0.2, 0.25) is 5.78 Å². The quantitative estimate of drug-likeness (QED) is 0.480. The molecule has 0 saturated heterocycles. The lowest BCUT2D eigenvalue weighted by molar-refractivity contribution is 0.0318. The molecule has 0 aliphatic rings. The second-order valence-electron chi connectivity index (χ2n) is 6.37. The number of nitrogens with zero attached hydrogens (tertiary/aromatic N) is 1. The number of rotatable bonds is 6. The third-order valence-corrected chi connectivity index (χ3v) is 4.47. The number of hydrogen-bond acceptors (Lipinski definition) is 4. The standard InChI is InChI=1S/C21H20FNO4/c1-13-11-19(14(2)23(13)12-18-5-4-10-26-18)21(25)27-15(3)20(24)16-6-8-17(22)9-7-16/h4-11,15H,12H2,1-3H3/t15-/m0/s1. The van der Waals surface area contributed by atoms with E-state index in [1.807, 2.05) is 24.5 Å². The van der Waals surface area contributed by atoms with Gasteiger partial charge in [-0.3, -0.25) is 4.79 Å². The zero-order chi connectivity index (χ0) is 19.6. The summed E-state index contributed by atoms with van der Waals surface area (Å²) in [6.45, 7) is 5.71. The van der Waals surface area contributed by atoms with Crippen molar-refractivity contribution >= 4 is 11.8 Å². The van der Waals surface area contributed by atoms with Crippen LogP contribution in [0.1, 0.15) is 44.8 Å². The largest absolute Gasteiger partial charge is 0.467 e. The molecule has 0 spiro atoms. The monoisotopic (exact) mass is 369 g/mol. The molecule has 3 aromatic rings. The summed E-state index contributed by atoms with van der Waals surface area (Å²) < 4.78 is 25.7. The molecule has 0 fully saturated rings. The number of benzene rings is 1. The van der Waals surface area contributed by atoms with E-state index in [9.17, 15) is 14.0 Å². The van der Waals surface area contributed by atoms with Crippen molar-refractivity contribution in [1.29, 1.82) is 0 Å². The van der Waals surface area contributed by atoms with E-state index in [4.69, 9.17) is 9.15 Å². The summed E-state index contributed by atoms with van der Waals surface area (Å²) in [5.41, 5.74) is 2.31. The van der Waals surface area contributed by atoms with Crippen LogP contribution in [-0.4, -0.2) is 22.4 Å². The van der Waals surface area contributed by atoms with Crippen LogP contribution in [0, 0.1) is 19.7 Å². The van der Waals surface area contributed by atoms with Crippen LogP contribution in [0.3, 0.4) is 0 Å². The Morgan fingerprint density at radius 3 is 2.52 bits per heavy atom. The van der Waals surface area contributed by atoms with Gasteiger partial charge in [-0.25, -0.2) is 9.18 Å². The summed E-state index contributed by atoms with van der Waals surface area (Å²) in [4.78, 5) is 24.9. The Balaban J connectivity index is 1.74. The van der Waals surface area contributed by atoms with Gasteiger partial charge in [0.1, 0.15) is 11.6 Å². The van der Waals surface area contributed by atoms with Crippen molar-refractivity contribution in [2.45, 2.75) is 33.4 Å². The van der Waals surface area contributed by atoms with Crippen LogP contribution in [-0.2, 0) is 11.3 Å². The summed E-state index contributed by atoms with van der Waals surface area (Å²) in [6.07, 6.45) is 0.623. The molecule has 27 heavy (non-hydrogen) atoms. The summed E-state index contributed by atoms with van der Waals surface area (Å²) in [5.74, 6) is -0.610. The van der Waals surface area contributed by atoms with Crippen LogP contribution in [0.2, 0.25) is 0 Å². The fourth-order valence-corrected chi connectivity index (χ4v) is 2.94. The third-order valence-electron chi connectivity index (χ3n) is 4.47. The molecule has 2 aromatic heterocycles. The topological polar surface area (TPSA) is 61.4 Å². The molecular weight excluding hydrogens is 349 g/mol. The van der Waals surface area contributed by atoms with E-state index < -0.39 is 17.9 Å². The maximum atomic E-state index is 13.0. The molecule has 2 heterocycles. The molecule has 3 rings (SSSR count). The first-order chi connectivity index (χ1) is 12.9. The number of furan rings is 1. The predicted octanol–water partition coefficient (Wildman–Crippen LogP) is 4.31. The smallest absolute Gasteiger partial charge is 0.340 e. The number of ketones is 1. The van der Waals surface area contributed by atoms with Gasteiger partial charge in [-0.05, 0) is 63.2 Å². The predicted molar refractivity (Wildman–Crippen MR) is 97.3 cm³/mol. The number of esters is 1. The highest BCUT2D eigenvalue weighted by molar-refractivity contribution is 6.01. The molecule has 0 N–H and O–H groups in total. The normalized spacial score (nSPS) is 12.0. The second kappa shape index (κ2) is 7.61. The Hall–Kier alpha value is -3.15. The van der Waals surface area contributed by atoms with Crippen molar-refractivity contribution in [3.05, 3.63) is 82.8 Å². The van der Waals surface area contributed by atoms with Crippen molar-refractivity contribution in [3.8, 4) is 0 Å². The fourth-order valence-electron chi connectivity index (χ4n) is 2.94. The molecule has 1 aromatic carbocycles. The molecule has 0 amide bonds. The van der Waals surface area contributed by atoms with Crippen molar-refractivity contribution in [1.82, 2.24) is 4.57 Å². The number of Topliss-reactive ketones (excluding diaryl/α,β-unsaturated/α-hetero) is 1. The third kappa shape index (κ3) is 4.00. The Bertz CT molecular complexity index is 955. The van der Waals surface area contributed by atoms with Gasteiger partial charge in [-0.1, -0.05) is 0 Å². The molecule has 6 heteroatoms. The Morgan fingerprint density at radius 2 is 1.89 bits per heavy atom. The number of aromatic nitrogens is 1. The van der Waals surface area contributed by atoms with Gasteiger partial charge in [0.25, 0.3) is 0 Å². The summed E-state index contributed by atoms with van der Waals surface area (Å²) in [7, 11) is 0. The molecule has 1 atom stereocenters. The van der Waals surface area contributed by atoms with Crippen molar-refractivity contribution in [2.75, 3.05) is 0 Å². The van der Waals surface area contributed by atoms with Crippen LogP contribution in [0.15, 0.2) is 53.1 Å². The first kappa shape index (κ1) is 18.6. The first-order valence-corrected chi connectivity index (χ1v) is 8.56. The molecule has 0 aliphatic carbocycles. The number of ether oxygens (including phenoxy) is 1. The lowest BCUT2D eigenvalue weighted by Gasteiger charge is -2.13. The van der Waals surface area contributed by atoms with E-state index in [1.165, 1.54) is 31.2 Å². The minimum absolute atomic E-state index is 0.292. The number of carbonyl (C=O) groups excluding carboxylic acids is 2. The zero-order valence-corrected chi connectivity index (χ0v) is 15.4. The van der Waals surface area contributed by atoms with Gasteiger partial charge in [0.05, 0.1) is 18.4 Å². The fraction of sp³-hybridized carbons (Fsp3) is 0.238. The van der Waals surface area contributed by atoms with E-state index in [2.05, 4.69) is 0 Å². The second-order valence-corrected chi connectivity index (χ2v) is 6.37. The highest BCUT2D eigenvalue weighted by atomic mass is 19.1. The zero-order valence-electron chi connectivity index (χ0n) is 15.4. The van der Waals surface area contributed by atoms with E-state index in [0.717, 1.165) is 17.1 Å². The Kier molecular flexibility index (Phi) is 5.26. The first-order valence-electron chi connectivity index (χ1n) is 8.56. The van der Waals surface area contributed by atoms with Gasteiger partial charge < -0.3 is 13.7 Å². The minimum Gasteiger partial charge on any atom is -0.467 e. The van der Waals surface area contributed by atoms with Crippen molar-refractivity contribution < 1.29 is 23.1 Å². The number of halogens is 1. The summed E-state index contributed by atoms with van der Waals surface area (Å²) in [6, 6.07) is 10.5. The van der Waals surface area contributed by atoms with E-state index in [0.29, 0.717) is 17.7 Å². The van der Waals surface area contributed by atoms with Gasteiger partial charge in [0.15, 0.2) is 6.10 Å². The van der Waals surface area contributed by atoms with E-state index in [-0.39, 0.29) is 5.78 Å². The van der Waals surface area contributed by atoms with Crippen LogP contribution >= 0.6 is 0 Å². The number of carbonyl (C=O) groups is 2. The summed E-state index contributed by atoms with van der Waals surface area (Å²) >= 11 is 0. The molecule has 0 aliphatic heterocycles. The van der Waals surface area contributed by atoms with Gasteiger partial charge in [-0.15, -0.1) is 0 Å². The molecule has 0 bridgehead atoms. The highest BCUT2D eigenvalue weighted by Crippen LogP contribution is 2.19. The summed E-state index contributed by atoms with van der Waals surface area (Å²) in [5, 5.41) is 0. The SMILES string of the molecule is Cc1cc(C(=O)O[C@@H](C)C(=O)c2ccc(F)cc2)c(C)n1Cc1ccco1. The van der Waals surface area contributed by atoms with E-state index >= 15 is 0 Å². The minimum atomic E-state index is -0.976.